The molecule has 17 heavy (non-hydrogen) atoms. The number of nitrogen functional groups attached to an aromatic ring is 1. The lowest BCUT2D eigenvalue weighted by Crippen LogP contribution is -2.22. The molecular weight excluding hydrogens is 220 g/mol. The van der Waals surface area contributed by atoms with E-state index in [1.807, 2.05) is 19.9 Å². The van der Waals surface area contributed by atoms with Crippen molar-refractivity contribution in [3.8, 4) is 0 Å². The van der Waals surface area contributed by atoms with Gasteiger partial charge in [-0.05, 0) is 24.9 Å². The summed E-state index contributed by atoms with van der Waals surface area (Å²) in [5, 5.41) is 22.8. The summed E-state index contributed by atoms with van der Waals surface area (Å²) in [4.78, 5) is 2.53. The molecule has 1 rings (SSSR count). The van der Waals surface area contributed by atoms with Gasteiger partial charge in [-0.1, -0.05) is 22.8 Å². The fraction of sp³-hybridized carbons (Fsp3) is 0.455. The summed E-state index contributed by atoms with van der Waals surface area (Å²) in [6.07, 6.45) is -2.31. The molecule has 0 fully saturated rings. The predicted molar refractivity (Wildman–Crippen MR) is 65.3 cm³/mol. The molecule has 0 radical (unpaired) electrons. The summed E-state index contributed by atoms with van der Waals surface area (Å²) in [7, 11) is 0. The Bertz CT molecular complexity index is 455. The van der Waals surface area contributed by atoms with Crippen LogP contribution in [-0.4, -0.2) is 22.9 Å². The van der Waals surface area contributed by atoms with E-state index in [1.165, 1.54) is 0 Å². The molecule has 0 saturated heterocycles. The van der Waals surface area contributed by atoms with Crippen molar-refractivity contribution in [2.75, 3.05) is 12.3 Å². The molecule has 1 aromatic carbocycles. The highest BCUT2D eigenvalue weighted by molar-refractivity contribution is 5.56. The number of aliphatic hydroxyl groups is 2. The molecule has 0 saturated carbocycles. The second-order valence-electron chi connectivity index (χ2n) is 4.01. The van der Waals surface area contributed by atoms with Crippen molar-refractivity contribution in [2.45, 2.75) is 26.1 Å². The lowest BCUT2D eigenvalue weighted by Gasteiger charge is -2.19. The van der Waals surface area contributed by atoms with E-state index in [0.717, 1.165) is 11.1 Å². The second-order valence-corrected chi connectivity index (χ2v) is 4.01. The quantitative estimate of drug-likeness (QED) is 0.319. The minimum absolute atomic E-state index is 0.190. The van der Waals surface area contributed by atoms with Gasteiger partial charge in [0.2, 0.25) is 0 Å². The number of aliphatic hydroxyl groups excluding tert-OH is 2. The number of nitrogens with two attached hydrogens (primary N) is 1. The third kappa shape index (κ3) is 3.10. The number of hydrogen-bond donors (Lipinski definition) is 3. The second kappa shape index (κ2) is 5.54. The Hall–Kier alpha value is -1.75. The standard InChI is InChI=1S/C11H16N4O2/c1-6-3-7(2)10(12)8(4-6)11(17)9(16)5-14-15-13/h3-4,9,11,16-17H,5,12H2,1-2H3. The van der Waals surface area contributed by atoms with Gasteiger partial charge < -0.3 is 15.9 Å². The van der Waals surface area contributed by atoms with Crippen molar-refractivity contribution in [1.29, 1.82) is 0 Å². The summed E-state index contributed by atoms with van der Waals surface area (Å²) in [5.41, 5.74) is 16.7. The third-order valence-electron chi connectivity index (χ3n) is 2.58. The molecule has 0 aliphatic rings. The Morgan fingerprint density at radius 1 is 1.41 bits per heavy atom. The molecule has 0 aliphatic carbocycles. The van der Waals surface area contributed by atoms with E-state index in [4.69, 9.17) is 11.3 Å². The molecule has 92 valence electrons. The van der Waals surface area contributed by atoms with Crippen LogP contribution in [0.4, 0.5) is 5.69 Å². The van der Waals surface area contributed by atoms with Crippen LogP contribution in [0.1, 0.15) is 22.8 Å². The van der Waals surface area contributed by atoms with Gasteiger partial charge in [-0.15, -0.1) is 0 Å². The Kier molecular flexibility index (Phi) is 4.34. The van der Waals surface area contributed by atoms with Crippen molar-refractivity contribution < 1.29 is 10.2 Å². The normalized spacial score (nSPS) is 13.9. The van der Waals surface area contributed by atoms with E-state index in [1.54, 1.807) is 6.07 Å². The summed E-state index contributed by atoms with van der Waals surface area (Å²) < 4.78 is 0. The zero-order chi connectivity index (χ0) is 13.0. The number of rotatable bonds is 4. The van der Waals surface area contributed by atoms with Crippen molar-refractivity contribution in [3.63, 3.8) is 0 Å². The minimum atomic E-state index is -1.16. The van der Waals surface area contributed by atoms with Gasteiger partial charge in [0, 0.05) is 16.2 Å². The van der Waals surface area contributed by atoms with E-state index in [-0.39, 0.29) is 6.54 Å². The largest absolute Gasteiger partial charge is 0.398 e. The average molecular weight is 236 g/mol. The molecule has 0 bridgehead atoms. The van der Waals surface area contributed by atoms with Crippen LogP contribution in [-0.2, 0) is 0 Å². The van der Waals surface area contributed by atoms with Crippen molar-refractivity contribution in [3.05, 3.63) is 39.3 Å². The maximum atomic E-state index is 9.93. The van der Waals surface area contributed by atoms with Crippen LogP contribution in [0.3, 0.4) is 0 Å². The molecule has 0 aliphatic heterocycles. The number of azide groups is 1. The Morgan fingerprint density at radius 2 is 2.06 bits per heavy atom. The van der Waals surface area contributed by atoms with Crippen LogP contribution in [0.5, 0.6) is 0 Å². The topological polar surface area (TPSA) is 115 Å². The van der Waals surface area contributed by atoms with Crippen LogP contribution in [0.25, 0.3) is 10.4 Å². The lowest BCUT2D eigenvalue weighted by atomic mass is 9.97. The number of aryl methyl sites for hydroxylation is 2. The first-order valence-corrected chi connectivity index (χ1v) is 5.21. The third-order valence-corrected chi connectivity index (χ3v) is 2.58. The van der Waals surface area contributed by atoms with Gasteiger partial charge in [0.15, 0.2) is 0 Å². The summed E-state index contributed by atoms with van der Waals surface area (Å²) in [6, 6.07) is 3.61. The van der Waals surface area contributed by atoms with Gasteiger partial charge in [-0.3, -0.25) is 0 Å². The number of anilines is 1. The molecular formula is C11H16N4O2. The Morgan fingerprint density at radius 3 is 2.65 bits per heavy atom. The molecule has 0 aromatic heterocycles. The predicted octanol–water partition coefficient (Wildman–Crippen LogP) is 1.59. The van der Waals surface area contributed by atoms with Gasteiger partial charge in [0.05, 0.1) is 12.6 Å². The summed E-state index contributed by atoms with van der Waals surface area (Å²) in [5.74, 6) is 0. The highest BCUT2D eigenvalue weighted by Crippen LogP contribution is 2.27. The van der Waals surface area contributed by atoms with E-state index < -0.39 is 12.2 Å². The first-order chi connectivity index (χ1) is 7.97. The van der Waals surface area contributed by atoms with Crippen LogP contribution >= 0.6 is 0 Å². The number of hydrogen-bond acceptors (Lipinski definition) is 4. The SMILES string of the molecule is Cc1cc(C)c(N)c(C(O)C(O)CN=[N+]=[N-])c1. The van der Waals surface area contributed by atoms with Gasteiger partial charge in [0.1, 0.15) is 6.10 Å². The van der Waals surface area contributed by atoms with Gasteiger partial charge in [-0.25, -0.2) is 0 Å². The monoisotopic (exact) mass is 236 g/mol. The zero-order valence-corrected chi connectivity index (χ0v) is 9.83. The van der Waals surface area contributed by atoms with Crippen LogP contribution in [0.2, 0.25) is 0 Å². The molecule has 1 aromatic rings. The first kappa shape index (κ1) is 13.3. The fourth-order valence-electron chi connectivity index (χ4n) is 1.68. The Labute approximate surface area is 99.3 Å². The summed E-state index contributed by atoms with van der Waals surface area (Å²) >= 11 is 0. The van der Waals surface area contributed by atoms with Gasteiger partial charge >= 0.3 is 0 Å². The van der Waals surface area contributed by atoms with E-state index in [0.29, 0.717) is 11.3 Å². The van der Waals surface area contributed by atoms with E-state index in [2.05, 4.69) is 10.0 Å². The molecule has 0 spiro atoms. The fourth-order valence-corrected chi connectivity index (χ4v) is 1.68. The number of benzene rings is 1. The molecule has 0 amide bonds. The highest BCUT2D eigenvalue weighted by atomic mass is 16.3. The zero-order valence-electron chi connectivity index (χ0n) is 9.83. The van der Waals surface area contributed by atoms with Crippen LogP contribution in [0.15, 0.2) is 17.2 Å². The lowest BCUT2D eigenvalue weighted by molar-refractivity contribution is 0.0248. The summed E-state index contributed by atoms with van der Waals surface area (Å²) in [6.45, 7) is 3.52. The minimum Gasteiger partial charge on any atom is -0.398 e. The molecule has 6 nitrogen and oxygen atoms in total. The van der Waals surface area contributed by atoms with Gasteiger partial charge in [0.25, 0.3) is 0 Å². The molecule has 2 atom stereocenters. The number of nitrogens with zero attached hydrogens (tertiary/aromatic N) is 3. The van der Waals surface area contributed by atoms with Crippen LogP contribution < -0.4 is 5.73 Å². The van der Waals surface area contributed by atoms with Gasteiger partial charge in [-0.2, -0.15) is 0 Å². The van der Waals surface area contributed by atoms with Crippen molar-refractivity contribution in [1.82, 2.24) is 0 Å². The molecule has 6 heteroatoms. The van der Waals surface area contributed by atoms with E-state index in [9.17, 15) is 10.2 Å². The van der Waals surface area contributed by atoms with Crippen LogP contribution in [0, 0.1) is 13.8 Å². The van der Waals surface area contributed by atoms with Crippen molar-refractivity contribution >= 4 is 5.69 Å². The Balaban J connectivity index is 3.02. The maximum absolute atomic E-state index is 9.93. The molecule has 0 heterocycles. The molecule has 4 N–H and O–H groups in total. The smallest absolute Gasteiger partial charge is 0.107 e. The van der Waals surface area contributed by atoms with Crippen molar-refractivity contribution in [2.24, 2.45) is 5.11 Å². The molecule has 2 unspecified atom stereocenters. The highest BCUT2D eigenvalue weighted by Gasteiger charge is 2.20. The maximum Gasteiger partial charge on any atom is 0.107 e. The van der Waals surface area contributed by atoms with E-state index >= 15 is 0 Å². The average Bonchev–Trinajstić information content (AvgIpc) is 2.29. The first-order valence-electron chi connectivity index (χ1n) is 5.21.